The number of hydrogen-bond acceptors (Lipinski definition) is 5. The lowest BCUT2D eigenvalue weighted by Crippen LogP contribution is -2.18. The average molecular weight is 541 g/mol. The molecule has 2 heterocycles. The van der Waals surface area contributed by atoms with Crippen LogP contribution in [0, 0.1) is 0 Å². The third-order valence-corrected chi connectivity index (χ3v) is 7.61. The van der Waals surface area contributed by atoms with E-state index in [4.69, 9.17) is 16.6 Å². The molecule has 0 bridgehead atoms. The van der Waals surface area contributed by atoms with Crippen molar-refractivity contribution >= 4 is 44.6 Å². The zero-order valence-electron chi connectivity index (χ0n) is 20.5. The summed E-state index contributed by atoms with van der Waals surface area (Å²) in [4.78, 5) is 21.0. The van der Waals surface area contributed by atoms with Crippen molar-refractivity contribution in [2.24, 2.45) is 0 Å². The Hall–Kier alpha value is -3.43. The van der Waals surface area contributed by atoms with Crippen molar-refractivity contribution in [2.75, 3.05) is 16.4 Å². The van der Waals surface area contributed by atoms with E-state index in [1.54, 1.807) is 30.3 Å². The molecule has 0 unspecified atom stereocenters. The molecule has 37 heavy (non-hydrogen) atoms. The molecule has 0 aliphatic rings. The molecule has 0 radical (unpaired) electrons. The number of imidazole rings is 1. The van der Waals surface area contributed by atoms with Gasteiger partial charge in [-0.25, -0.2) is 23.2 Å². The summed E-state index contributed by atoms with van der Waals surface area (Å²) in [6, 6.07) is 18.1. The Morgan fingerprint density at radius 3 is 2.49 bits per heavy atom. The van der Waals surface area contributed by atoms with Gasteiger partial charge in [-0.15, -0.1) is 11.6 Å². The van der Waals surface area contributed by atoms with Crippen LogP contribution in [0.4, 0.5) is 5.82 Å². The van der Waals surface area contributed by atoms with Crippen molar-refractivity contribution in [3.63, 3.8) is 0 Å². The van der Waals surface area contributed by atoms with Gasteiger partial charge in [0.2, 0.25) is 10.0 Å². The number of pyridine rings is 1. The standard InChI is InChI=1S/C27H29ClN4O4S/c1-2-3-9-25-29-23-14-15-24(31-37(35,36)17-6-16-28)30-26(23)32(25)18-19-10-12-20(13-11-19)21-7-4-5-8-22(21)27(33)34/h4-5,7-8,10-15H,2-3,6,9,16-18H2,1H3,(H,30,31)(H,33,34). The third kappa shape index (κ3) is 6.47. The van der Waals surface area contributed by atoms with Gasteiger partial charge < -0.3 is 9.67 Å². The van der Waals surface area contributed by atoms with Crippen LogP contribution in [0.5, 0.6) is 0 Å². The van der Waals surface area contributed by atoms with Gasteiger partial charge in [0, 0.05) is 12.3 Å². The van der Waals surface area contributed by atoms with Crippen molar-refractivity contribution in [1.29, 1.82) is 0 Å². The maximum Gasteiger partial charge on any atom is 0.336 e. The zero-order chi connectivity index (χ0) is 26.4. The van der Waals surface area contributed by atoms with Gasteiger partial charge in [0.1, 0.15) is 17.2 Å². The molecule has 10 heteroatoms. The first-order valence-corrected chi connectivity index (χ1v) is 14.3. The highest BCUT2D eigenvalue weighted by Crippen LogP contribution is 2.26. The van der Waals surface area contributed by atoms with Crippen LogP contribution >= 0.6 is 11.6 Å². The maximum atomic E-state index is 12.4. The number of rotatable bonds is 12. The number of sulfonamides is 1. The van der Waals surface area contributed by atoms with Gasteiger partial charge in [-0.2, -0.15) is 0 Å². The van der Waals surface area contributed by atoms with Crippen LogP contribution in [-0.2, 0) is 23.0 Å². The summed E-state index contributed by atoms with van der Waals surface area (Å²) < 4.78 is 29.3. The van der Waals surface area contributed by atoms with Gasteiger partial charge in [0.05, 0.1) is 17.9 Å². The van der Waals surface area contributed by atoms with E-state index in [1.165, 1.54) is 0 Å². The largest absolute Gasteiger partial charge is 0.478 e. The first-order chi connectivity index (χ1) is 17.8. The van der Waals surface area contributed by atoms with Crippen molar-refractivity contribution < 1.29 is 18.3 Å². The smallest absolute Gasteiger partial charge is 0.336 e. The van der Waals surface area contributed by atoms with Gasteiger partial charge in [-0.1, -0.05) is 55.8 Å². The zero-order valence-corrected chi connectivity index (χ0v) is 22.1. The average Bonchev–Trinajstić information content (AvgIpc) is 3.22. The predicted octanol–water partition coefficient (Wildman–Crippen LogP) is 5.56. The molecule has 0 spiro atoms. The lowest BCUT2D eigenvalue weighted by Gasteiger charge is -2.11. The van der Waals surface area contributed by atoms with Crippen LogP contribution in [0.15, 0.2) is 60.7 Å². The van der Waals surface area contributed by atoms with E-state index in [-0.39, 0.29) is 23.0 Å². The Morgan fingerprint density at radius 1 is 1.03 bits per heavy atom. The van der Waals surface area contributed by atoms with E-state index in [9.17, 15) is 18.3 Å². The minimum Gasteiger partial charge on any atom is -0.478 e. The van der Waals surface area contributed by atoms with E-state index in [0.717, 1.165) is 36.2 Å². The molecule has 2 aromatic carbocycles. The second-order valence-electron chi connectivity index (χ2n) is 8.77. The number of halogens is 1. The van der Waals surface area contributed by atoms with E-state index < -0.39 is 16.0 Å². The summed E-state index contributed by atoms with van der Waals surface area (Å²) in [6.45, 7) is 2.61. The molecule has 0 aliphatic carbocycles. The van der Waals surface area contributed by atoms with E-state index >= 15 is 0 Å². The number of unbranched alkanes of at least 4 members (excludes halogenated alkanes) is 1. The Morgan fingerprint density at radius 2 is 1.78 bits per heavy atom. The van der Waals surface area contributed by atoms with Gasteiger partial charge in [0.25, 0.3) is 0 Å². The van der Waals surface area contributed by atoms with Crippen LogP contribution in [0.1, 0.15) is 47.9 Å². The molecule has 0 fully saturated rings. The lowest BCUT2D eigenvalue weighted by atomic mass is 9.99. The van der Waals surface area contributed by atoms with Gasteiger partial charge in [0.15, 0.2) is 5.65 Å². The second kappa shape index (κ2) is 11.7. The highest BCUT2D eigenvalue weighted by Gasteiger charge is 2.16. The monoisotopic (exact) mass is 540 g/mol. The number of carboxylic acid groups (broad SMARTS) is 1. The normalized spacial score (nSPS) is 11.6. The number of benzene rings is 2. The number of anilines is 1. The molecule has 4 aromatic rings. The predicted molar refractivity (Wildman–Crippen MR) is 147 cm³/mol. The van der Waals surface area contributed by atoms with Crippen LogP contribution < -0.4 is 4.72 Å². The summed E-state index contributed by atoms with van der Waals surface area (Å²) in [7, 11) is -3.55. The molecule has 194 valence electrons. The quantitative estimate of drug-likeness (QED) is 0.227. The molecular weight excluding hydrogens is 512 g/mol. The van der Waals surface area contributed by atoms with Crippen LogP contribution in [0.25, 0.3) is 22.3 Å². The second-order valence-corrected chi connectivity index (χ2v) is 11.0. The van der Waals surface area contributed by atoms with Crippen LogP contribution in [0.2, 0.25) is 0 Å². The summed E-state index contributed by atoms with van der Waals surface area (Å²) in [6.07, 6.45) is 3.10. The van der Waals surface area contributed by atoms with Crippen LogP contribution in [-0.4, -0.2) is 45.7 Å². The minimum atomic E-state index is -3.55. The third-order valence-electron chi connectivity index (χ3n) is 6.00. The van der Waals surface area contributed by atoms with Gasteiger partial charge >= 0.3 is 5.97 Å². The number of aromatic carboxylic acids is 1. The fraction of sp³-hybridized carbons (Fsp3) is 0.296. The number of carbonyl (C=O) groups is 1. The fourth-order valence-electron chi connectivity index (χ4n) is 4.15. The molecule has 0 aliphatic heterocycles. The first-order valence-electron chi connectivity index (χ1n) is 12.2. The Bertz CT molecular complexity index is 1500. The van der Waals surface area contributed by atoms with Crippen molar-refractivity contribution in [3.05, 3.63) is 77.6 Å². The minimum absolute atomic E-state index is 0.0748. The van der Waals surface area contributed by atoms with Gasteiger partial charge in [-0.05, 0) is 47.7 Å². The Labute approximate surface area is 221 Å². The Balaban J connectivity index is 1.66. The highest BCUT2D eigenvalue weighted by molar-refractivity contribution is 7.92. The molecule has 2 aromatic heterocycles. The number of hydrogen-bond donors (Lipinski definition) is 2. The summed E-state index contributed by atoms with van der Waals surface area (Å²) in [5.74, 6) is 0.346. The van der Waals surface area contributed by atoms with E-state index in [1.807, 2.05) is 34.9 Å². The van der Waals surface area contributed by atoms with Gasteiger partial charge in [-0.3, -0.25) is 4.72 Å². The molecule has 0 saturated carbocycles. The molecule has 4 rings (SSSR count). The molecule has 0 saturated heterocycles. The topological polar surface area (TPSA) is 114 Å². The summed E-state index contributed by atoms with van der Waals surface area (Å²) in [5, 5.41) is 9.52. The van der Waals surface area contributed by atoms with Crippen molar-refractivity contribution in [3.8, 4) is 11.1 Å². The fourth-order valence-corrected chi connectivity index (χ4v) is 5.50. The Kier molecular flexibility index (Phi) is 8.45. The van der Waals surface area contributed by atoms with Crippen molar-refractivity contribution in [2.45, 2.75) is 39.2 Å². The number of nitrogens with zero attached hydrogens (tertiary/aromatic N) is 3. The van der Waals surface area contributed by atoms with E-state index in [0.29, 0.717) is 29.7 Å². The van der Waals surface area contributed by atoms with Crippen LogP contribution in [0.3, 0.4) is 0 Å². The molecular formula is C27H29ClN4O4S. The SMILES string of the molecule is CCCCc1nc2ccc(NS(=O)(=O)CCCCl)nc2n1Cc1ccc(-c2ccccc2C(=O)O)cc1. The van der Waals surface area contributed by atoms with E-state index in [2.05, 4.69) is 16.6 Å². The first kappa shape index (κ1) is 26.6. The number of aryl methyl sites for hydroxylation is 1. The molecule has 0 amide bonds. The summed E-state index contributed by atoms with van der Waals surface area (Å²) >= 11 is 5.65. The number of nitrogens with one attached hydrogen (secondary N) is 1. The maximum absolute atomic E-state index is 12.4. The van der Waals surface area contributed by atoms with Crippen molar-refractivity contribution in [1.82, 2.24) is 14.5 Å². The number of fused-ring (bicyclic) bond motifs is 1. The lowest BCUT2D eigenvalue weighted by molar-refractivity contribution is 0.0697. The molecule has 0 atom stereocenters. The highest BCUT2D eigenvalue weighted by atomic mass is 35.5. The molecule has 8 nitrogen and oxygen atoms in total. The summed E-state index contributed by atoms with van der Waals surface area (Å²) in [5.41, 5.74) is 4.01. The number of aromatic nitrogens is 3. The molecule has 2 N–H and O–H groups in total. The number of carboxylic acids is 1. The number of alkyl halides is 1.